The van der Waals surface area contributed by atoms with Gasteiger partial charge in [0.15, 0.2) is 6.61 Å². The molecule has 0 aliphatic carbocycles. The van der Waals surface area contributed by atoms with Gasteiger partial charge < -0.3 is 24.8 Å². The fraction of sp³-hybridized carbons (Fsp3) is 0.160. The lowest BCUT2D eigenvalue weighted by molar-refractivity contribution is -0.147. The summed E-state index contributed by atoms with van der Waals surface area (Å²) in [5.74, 6) is 0.380. The first-order valence-corrected chi connectivity index (χ1v) is 11.2. The molecule has 3 rings (SSSR count). The van der Waals surface area contributed by atoms with Gasteiger partial charge in [0.05, 0.1) is 23.6 Å². The highest BCUT2D eigenvalue weighted by atomic mass is 35.5. The topological polar surface area (TPSA) is 103 Å². The molecule has 182 valence electrons. The zero-order valence-corrected chi connectivity index (χ0v) is 20.2. The van der Waals surface area contributed by atoms with Gasteiger partial charge in [-0.2, -0.15) is 0 Å². The predicted octanol–water partition coefficient (Wildman–Crippen LogP) is 5.69. The molecule has 0 bridgehead atoms. The van der Waals surface area contributed by atoms with Crippen LogP contribution in [0.3, 0.4) is 0 Å². The average molecular weight is 517 g/mol. The van der Waals surface area contributed by atoms with Gasteiger partial charge in [0.1, 0.15) is 17.2 Å². The average Bonchev–Trinajstić information content (AvgIpc) is 2.85. The summed E-state index contributed by atoms with van der Waals surface area (Å²) in [4.78, 5) is 35.9. The third kappa shape index (κ3) is 8.51. The fourth-order valence-corrected chi connectivity index (χ4v) is 3.11. The number of nitrogens with one attached hydrogen (secondary N) is 2. The van der Waals surface area contributed by atoms with Crippen molar-refractivity contribution in [2.45, 2.75) is 12.8 Å². The van der Waals surface area contributed by atoms with Crippen LogP contribution in [-0.4, -0.2) is 31.5 Å². The first kappa shape index (κ1) is 25.9. The number of carbonyl (C=O) groups excluding carboxylic acids is 3. The van der Waals surface area contributed by atoms with Gasteiger partial charge in [-0.3, -0.25) is 14.4 Å². The Labute approximate surface area is 212 Å². The summed E-state index contributed by atoms with van der Waals surface area (Å²) >= 11 is 11.7. The summed E-state index contributed by atoms with van der Waals surface area (Å²) in [6.45, 7) is -0.490. The van der Waals surface area contributed by atoms with Crippen LogP contribution in [0.25, 0.3) is 0 Å². The van der Waals surface area contributed by atoms with Crippen molar-refractivity contribution in [1.29, 1.82) is 0 Å². The van der Waals surface area contributed by atoms with Crippen molar-refractivity contribution in [1.82, 2.24) is 0 Å². The van der Waals surface area contributed by atoms with Gasteiger partial charge in [0.25, 0.3) is 5.91 Å². The molecule has 0 aliphatic rings. The molecule has 0 aliphatic heterocycles. The highest BCUT2D eigenvalue weighted by Gasteiger charge is 2.12. The van der Waals surface area contributed by atoms with Crippen LogP contribution < -0.4 is 20.1 Å². The zero-order valence-electron chi connectivity index (χ0n) is 18.7. The van der Waals surface area contributed by atoms with Gasteiger partial charge in [-0.1, -0.05) is 23.2 Å². The van der Waals surface area contributed by atoms with Gasteiger partial charge in [-0.05, 0) is 66.7 Å². The number of anilines is 2. The third-order valence-electron chi connectivity index (χ3n) is 4.56. The molecule has 0 saturated heterocycles. The molecule has 0 unspecified atom stereocenters. The minimum Gasteiger partial charge on any atom is -0.497 e. The van der Waals surface area contributed by atoms with Crippen molar-refractivity contribution in [2.24, 2.45) is 0 Å². The van der Waals surface area contributed by atoms with Crippen LogP contribution in [0, 0.1) is 0 Å². The molecule has 0 aromatic heterocycles. The molecule has 0 spiro atoms. The van der Waals surface area contributed by atoms with Gasteiger partial charge in [-0.25, -0.2) is 0 Å². The monoisotopic (exact) mass is 516 g/mol. The van der Waals surface area contributed by atoms with E-state index in [-0.39, 0.29) is 23.8 Å². The lowest BCUT2D eigenvalue weighted by atomic mass is 10.2. The minimum absolute atomic E-state index is 0.0999. The number of rotatable bonds is 10. The third-order valence-corrected chi connectivity index (χ3v) is 5.30. The molecule has 0 fully saturated rings. The van der Waals surface area contributed by atoms with Crippen LogP contribution >= 0.6 is 23.2 Å². The molecular formula is C25H22Cl2N2O6. The van der Waals surface area contributed by atoms with Crippen molar-refractivity contribution in [2.75, 3.05) is 24.4 Å². The summed E-state index contributed by atoms with van der Waals surface area (Å²) in [6, 6.07) is 18.5. The molecule has 3 aromatic rings. The Balaban J connectivity index is 1.36. The van der Waals surface area contributed by atoms with Crippen molar-refractivity contribution in [3.8, 4) is 17.2 Å². The Morgan fingerprint density at radius 1 is 0.714 bits per heavy atom. The summed E-state index contributed by atoms with van der Waals surface area (Å²) in [7, 11) is 1.59. The van der Waals surface area contributed by atoms with Crippen molar-refractivity contribution >= 4 is 52.4 Å². The standard InChI is InChI=1S/C25H22Cl2N2O6/c1-33-18-7-9-20(10-8-18)35-19-5-2-16(3-6-19)28-23(30)12-13-25(32)34-15-24(31)29-17-4-11-21(26)22(27)14-17/h2-11,14H,12-13,15H2,1H3,(H,28,30)(H,29,31). The van der Waals surface area contributed by atoms with E-state index in [9.17, 15) is 14.4 Å². The summed E-state index contributed by atoms with van der Waals surface area (Å²) in [5, 5.41) is 5.86. The first-order chi connectivity index (χ1) is 16.8. The van der Waals surface area contributed by atoms with Crippen molar-refractivity contribution < 1.29 is 28.6 Å². The van der Waals surface area contributed by atoms with Crippen LogP contribution in [0.1, 0.15) is 12.8 Å². The van der Waals surface area contributed by atoms with Crippen LogP contribution in [0.2, 0.25) is 10.0 Å². The molecule has 2 amide bonds. The maximum absolute atomic E-state index is 12.1. The number of hydrogen-bond donors (Lipinski definition) is 2. The van der Waals surface area contributed by atoms with Gasteiger partial charge >= 0.3 is 5.97 Å². The Morgan fingerprint density at radius 2 is 1.29 bits per heavy atom. The number of methoxy groups -OCH3 is 1. The zero-order chi connectivity index (χ0) is 25.2. The van der Waals surface area contributed by atoms with Crippen molar-refractivity contribution in [3.63, 3.8) is 0 Å². The van der Waals surface area contributed by atoms with Crippen LogP contribution in [0.4, 0.5) is 11.4 Å². The maximum atomic E-state index is 12.1. The number of amides is 2. The van der Waals surface area contributed by atoms with Crippen molar-refractivity contribution in [3.05, 3.63) is 76.8 Å². The Morgan fingerprint density at radius 3 is 1.91 bits per heavy atom. The Hall–Kier alpha value is -3.75. The fourth-order valence-electron chi connectivity index (χ4n) is 2.81. The summed E-state index contributed by atoms with van der Waals surface area (Å²) in [5.41, 5.74) is 0.965. The molecule has 0 heterocycles. The molecule has 0 saturated carbocycles. The molecule has 35 heavy (non-hydrogen) atoms. The van der Waals surface area contributed by atoms with E-state index in [0.29, 0.717) is 27.9 Å². The number of hydrogen-bond acceptors (Lipinski definition) is 6. The second-order valence-corrected chi connectivity index (χ2v) is 8.00. The van der Waals surface area contributed by atoms with Gasteiger partial charge in [-0.15, -0.1) is 0 Å². The van der Waals surface area contributed by atoms with E-state index in [1.165, 1.54) is 12.1 Å². The van der Waals surface area contributed by atoms with E-state index in [1.807, 2.05) is 0 Å². The molecule has 10 heteroatoms. The molecule has 2 N–H and O–H groups in total. The molecule has 3 aromatic carbocycles. The lowest BCUT2D eigenvalue weighted by Crippen LogP contribution is -2.21. The highest BCUT2D eigenvalue weighted by Crippen LogP contribution is 2.26. The lowest BCUT2D eigenvalue weighted by Gasteiger charge is -2.09. The second kappa shape index (κ2) is 12.6. The van der Waals surface area contributed by atoms with Gasteiger partial charge in [0.2, 0.25) is 5.91 Å². The molecule has 0 atom stereocenters. The molecule has 8 nitrogen and oxygen atoms in total. The van der Waals surface area contributed by atoms with E-state index in [4.69, 9.17) is 37.4 Å². The van der Waals surface area contributed by atoms with Gasteiger partial charge in [0, 0.05) is 17.8 Å². The first-order valence-electron chi connectivity index (χ1n) is 10.4. The minimum atomic E-state index is -0.673. The number of benzene rings is 3. The largest absolute Gasteiger partial charge is 0.497 e. The molecule has 0 radical (unpaired) electrons. The van der Waals surface area contributed by atoms with Crippen LogP contribution in [0.15, 0.2) is 66.7 Å². The number of carbonyl (C=O) groups is 3. The Kier molecular flexibility index (Phi) is 9.34. The van der Waals surface area contributed by atoms with E-state index < -0.39 is 18.5 Å². The summed E-state index contributed by atoms with van der Waals surface area (Å²) in [6.07, 6.45) is -0.276. The number of halogens is 2. The quantitative estimate of drug-likeness (QED) is 0.335. The Bertz CT molecular complexity index is 1180. The highest BCUT2D eigenvalue weighted by molar-refractivity contribution is 6.42. The SMILES string of the molecule is COc1ccc(Oc2ccc(NC(=O)CCC(=O)OCC(=O)Nc3ccc(Cl)c(Cl)c3)cc2)cc1. The van der Waals surface area contributed by atoms with E-state index in [0.717, 1.165) is 5.75 Å². The van der Waals surface area contributed by atoms with Crippen LogP contribution in [0.5, 0.6) is 17.2 Å². The van der Waals surface area contributed by atoms with Crippen LogP contribution in [-0.2, 0) is 19.1 Å². The molecular weight excluding hydrogens is 495 g/mol. The predicted molar refractivity (Wildman–Crippen MR) is 133 cm³/mol. The maximum Gasteiger partial charge on any atom is 0.306 e. The second-order valence-electron chi connectivity index (χ2n) is 7.19. The van der Waals surface area contributed by atoms with E-state index in [1.54, 1.807) is 61.7 Å². The summed E-state index contributed by atoms with van der Waals surface area (Å²) < 4.78 is 15.7. The number of ether oxygens (including phenoxy) is 3. The normalized spacial score (nSPS) is 10.3. The van der Waals surface area contributed by atoms with E-state index in [2.05, 4.69) is 10.6 Å². The smallest absolute Gasteiger partial charge is 0.306 e. The van der Waals surface area contributed by atoms with E-state index >= 15 is 0 Å². The number of esters is 1.